The minimum Gasteiger partial charge on any atom is -0.374 e. The van der Waals surface area contributed by atoms with Crippen LogP contribution >= 0.6 is 11.3 Å². The number of likely N-dealkylation sites (tertiary alicyclic amines) is 1. The molecule has 1 unspecified atom stereocenters. The lowest BCUT2D eigenvalue weighted by molar-refractivity contribution is -0.128. The maximum Gasteiger partial charge on any atom is 0.225 e. The van der Waals surface area contributed by atoms with Gasteiger partial charge in [0.1, 0.15) is 5.01 Å². The number of hydrogen-bond acceptors (Lipinski definition) is 6. The molecule has 1 aromatic heterocycles. The van der Waals surface area contributed by atoms with Crippen LogP contribution in [0.3, 0.4) is 0 Å². The van der Waals surface area contributed by atoms with Crippen molar-refractivity contribution in [3.05, 3.63) is 5.01 Å². The smallest absolute Gasteiger partial charge is 0.225 e. The molecular formula is C16H27N5OS. The Bertz CT molecular complexity index is 552. The third-order valence-corrected chi connectivity index (χ3v) is 6.15. The molecule has 128 valence electrons. The number of carbonyl (C=O) groups excluding carboxylic acids is 1. The molecule has 1 amide bonds. The van der Waals surface area contributed by atoms with Crippen molar-refractivity contribution in [2.75, 3.05) is 18.8 Å². The van der Waals surface area contributed by atoms with E-state index in [0.29, 0.717) is 11.2 Å². The lowest BCUT2D eigenvalue weighted by atomic mass is 9.94. The molecule has 3 rings (SSSR count). The van der Waals surface area contributed by atoms with Gasteiger partial charge in [-0.2, -0.15) is 0 Å². The molecule has 0 bridgehead atoms. The second kappa shape index (κ2) is 6.73. The lowest BCUT2D eigenvalue weighted by Crippen LogP contribution is -2.50. The molecule has 1 saturated carbocycles. The van der Waals surface area contributed by atoms with Gasteiger partial charge in [-0.3, -0.25) is 9.69 Å². The van der Waals surface area contributed by atoms with Crippen molar-refractivity contribution in [3.8, 4) is 0 Å². The first kappa shape index (κ1) is 16.6. The molecule has 2 heterocycles. The largest absolute Gasteiger partial charge is 0.374 e. The number of anilines is 1. The Morgan fingerprint density at radius 2 is 2.00 bits per heavy atom. The average Bonchev–Trinajstić information content (AvgIpc) is 3.18. The summed E-state index contributed by atoms with van der Waals surface area (Å²) in [5.41, 5.74) is 5.14. The summed E-state index contributed by atoms with van der Waals surface area (Å²) in [4.78, 5) is 15.3. The van der Waals surface area contributed by atoms with Gasteiger partial charge in [0, 0.05) is 12.6 Å². The van der Waals surface area contributed by atoms with E-state index in [1.165, 1.54) is 37.0 Å². The number of rotatable bonds is 4. The van der Waals surface area contributed by atoms with Gasteiger partial charge in [0.2, 0.25) is 11.0 Å². The molecule has 1 saturated heterocycles. The molecule has 1 aliphatic carbocycles. The summed E-state index contributed by atoms with van der Waals surface area (Å²) >= 11 is 1.33. The fraction of sp³-hybridized carbons (Fsp3) is 0.812. The molecule has 2 fully saturated rings. The van der Waals surface area contributed by atoms with Crippen molar-refractivity contribution in [1.29, 1.82) is 0 Å². The predicted octanol–water partition coefficient (Wildman–Crippen LogP) is 2.13. The fourth-order valence-electron chi connectivity index (χ4n) is 3.77. The Morgan fingerprint density at radius 3 is 2.65 bits per heavy atom. The Kier molecular flexibility index (Phi) is 4.87. The van der Waals surface area contributed by atoms with E-state index in [2.05, 4.69) is 20.4 Å². The van der Waals surface area contributed by atoms with Crippen LogP contribution in [0.25, 0.3) is 0 Å². The zero-order valence-electron chi connectivity index (χ0n) is 14.0. The van der Waals surface area contributed by atoms with E-state index in [1.54, 1.807) is 0 Å². The van der Waals surface area contributed by atoms with Crippen LogP contribution in [0.4, 0.5) is 5.13 Å². The highest BCUT2D eigenvalue weighted by atomic mass is 32.1. The summed E-state index contributed by atoms with van der Waals surface area (Å²) in [6.45, 7) is 5.96. The Morgan fingerprint density at radius 1 is 1.26 bits per heavy atom. The molecule has 0 aromatic carbocycles. The van der Waals surface area contributed by atoms with Crippen LogP contribution < -0.4 is 11.1 Å². The standard InChI is InChI=1S/C16H27N5OS/c1-16(2,14-19-20-15(17)23-14)18-13(22)11-6-5-9-21(10-11)12-7-3-4-8-12/h11-12H,3-10H2,1-2H3,(H2,17,20)(H,18,22). The summed E-state index contributed by atoms with van der Waals surface area (Å²) in [5, 5.41) is 12.3. The van der Waals surface area contributed by atoms with Gasteiger partial charge < -0.3 is 11.1 Å². The van der Waals surface area contributed by atoms with Crippen LogP contribution in [-0.4, -0.2) is 40.1 Å². The van der Waals surface area contributed by atoms with E-state index in [0.717, 1.165) is 30.9 Å². The first-order chi connectivity index (χ1) is 11.0. The summed E-state index contributed by atoms with van der Waals surface area (Å²) in [6.07, 6.45) is 7.35. The van der Waals surface area contributed by atoms with Crippen LogP contribution in [0.1, 0.15) is 57.4 Å². The summed E-state index contributed by atoms with van der Waals surface area (Å²) < 4.78 is 0. The highest BCUT2D eigenvalue weighted by molar-refractivity contribution is 7.15. The maximum atomic E-state index is 12.7. The van der Waals surface area contributed by atoms with E-state index in [-0.39, 0.29) is 11.8 Å². The Labute approximate surface area is 141 Å². The maximum absolute atomic E-state index is 12.7. The van der Waals surface area contributed by atoms with Crippen molar-refractivity contribution in [2.45, 2.75) is 64.0 Å². The van der Waals surface area contributed by atoms with Gasteiger partial charge in [-0.05, 0) is 46.1 Å². The number of carbonyl (C=O) groups is 1. The molecule has 23 heavy (non-hydrogen) atoms. The quantitative estimate of drug-likeness (QED) is 0.879. The highest BCUT2D eigenvalue weighted by Gasteiger charge is 2.34. The van der Waals surface area contributed by atoms with Gasteiger partial charge in [0.15, 0.2) is 0 Å². The second-order valence-corrected chi connectivity index (χ2v) is 8.34. The number of nitrogen functional groups attached to an aromatic ring is 1. The van der Waals surface area contributed by atoms with Gasteiger partial charge in [-0.15, -0.1) is 10.2 Å². The average molecular weight is 337 g/mol. The van der Waals surface area contributed by atoms with Gasteiger partial charge in [-0.25, -0.2) is 0 Å². The number of hydrogen-bond donors (Lipinski definition) is 2. The number of nitrogens with zero attached hydrogens (tertiary/aromatic N) is 3. The number of piperidine rings is 1. The highest BCUT2D eigenvalue weighted by Crippen LogP contribution is 2.29. The van der Waals surface area contributed by atoms with Crippen LogP contribution in [0.5, 0.6) is 0 Å². The topological polar surface area (TPSA) is 84.1 Å². The number of nitrogens with two attached hydrogens (primary N) is 1. The van der Waals surface area contributed by atoms with Crippen LogP contribution in [0.2, 0.25) is 0 Å². The van der Waals surface area contributed by atoms with Gasteiger partial charge in [0.05, 0.1) is 11.5 Å². The third kappa shape index (κ3) is 3.83. The van der Waals surface area contributed by atoms with Gasteiger partial charge >= 0.3 is 0 Å². The number of amides is 1. The zero-order valence-corrected chi connectivity index (χ0v) is 14.9. The van der Waals surface area contributed by atoms with Gasteiger partial charge in [0.25, 0.3) is 0 Å². The summed E-state index contributed by atoms with van der Waals surface area (Å²) in [7, 11) is 0. The van der Waals surface area contributed by atoms with E-state index < -0.39 is 5.54 Å². The third-order valence-electron chi connectivity index (χ3n) is 5.08. The predicted molar refractivity (Wildman–Crippen MR) is 92.0 cm³/mol. The van der Waals surface area contributed by atoms with Crippen LogP contribution in [0, 0.1) is 5.92 Å². The lowest BCUT2D eigenvalue weighted by Gasteiger charge is -2.37. The Balaban J connectivity index is 1.60. The van der Waals surface area contributed by atoms with E-state index in [4.69, 9.17) is 5.73 Å². The minimum absolute atomic E-state index is 0.0777. The SMILES string of the molecule is CC(C)(NC(=O)C1CCCN(C2CCCC2)C1)c1nnc(N)s1. The zero-order chi connectivity index (χ0) is 16.4. The van der Waals surface area contributed by atoms with Crippen molar-refractivity contribution < 1.29 is 4.79 Å². The van der Waals surface area contributed by atoms with E-state index >= 15 is 0 Å². The summed E-state index contributed by atoms with van der Waals surface area (Å²) in [5.74, 6) is 0.209. The Hall–Kier alpha value is -1.21. The second-order valence-electron chi connectivity index (χ2n) is 7.33. The molecule has 0 radical (unpaired) electrons. The van der Waals surface area contributed by atoms with Gasteiger partial charge in [-0.1, -0.05) is 24.2 Å². The summed E-state index contributed by atoms with van der Waals surface area (Å²) in [6, 6.07) is 0.696. The normalized spacial score (nSPS) is 24.0. The molecule has 1 atom stereocenters. The molecule has 0 spiro atoms. The fourth-order valence-corrected chi connectivity index (χ4v) is 4.44. The molecule has 1 aliphatic heterocycles. The number of nitrogens with one attached hydrogen (secondary N) is 1. The molecule has 1 aromatic rings. The molecule has 7 heteroatoms. The van der Waals surface area contributed by atoms with Crippen molar-refractivity contribution in [3.63, 3.8) is 0 Å². The first-order valence-corrected chi connectivity index (χ1v) is 9.43. The number of aromatic nitrogens is 2. The van der Waals surface area contributed by atoms with Crippen molar-refractivity contribution in [1.82, 2.24) is 20.4 Å². The van der Waals surface area contributed by atoms with Crippen LogP contribution in [0.15, 0.2) is 0 Å². The molecule has 2 aliphatic rings. The van der Waals surface area contributed by atoms with E-state index in [9.17, 15) is 4.79 Å². The van der Waals surface area contributed by atoms with E-state index in [1.807, 2.05) is 13.8 Å². The molecule has 3 N–H and O–H groups in total. The first-order valence-electron chi connectivity index (χ1n) is 8.61. The minimum atomic E-state index is -0.526. The molecular weight excluding hydrogens is 310 g/mol. The molecule has 6 nitrogen and oxygen atoms in total. The van der Waals surface area contributed by atoms with Crippen molar-refractivity contribution in [2.24, 2.45) is 5.92 Å². The van der Waals surface area contributed by atoms with Crippen LogP contribution in [-0.2, 0) is 10.3 Å². The monoisotopic (exact) mass is 337 g/mol. The van der Waals surface area contributed by atoms with Crippen molar-refractivity contribution >= 4 is 22.4 Å².